The molecule has 0 aromatic heterocycles. The van der Waals surface area contributed by atoms with Gasteiger partial charge in [-0.25, -0.2) is 4.79 Å². The van der Waals surface area contributed by atoms with Crippen molar-refractivity contribution in [2.75, 3.05) is 19.8 Å². The molecule has 6 nitrogen and oxygen atoms in total. The third-order valence-corrected chi connectivity index (χ3v) is 14.7. The van der Waals surface area contributed by atoms with Gasteiger partial charge in [0.15, 0.2) is 8.32 Å². The molecule has 33 heavy (non-hydrogen) atoms. The highest BCUT2D eigenvalue weighted by molar-refractivity contribution is 6.74. The van der Waals surface area contributed by atoms with E-state index in [1.165, 1.54) is 0 Å². The lowest BCUT2D eigenvalue weighted by atomic mass is 9.45. The maximum Gasteiger partial charge on any atom is 0.336 e. The van der Waals surface area contributed by atoms with Crippen molar-refractivity contribution in [3.63, 3.8) is 0 Å². The highest BCUT2D eigenvalue weighted by Crippen LogP contribution is 2.67. The van der Waals surface area contributed by atoms with E-state index in [0.29, 0.717) is 17.9 Å². The Morgan fingerprint density at radius 2 is 1.88 bits per heavy atom. The van der Waals surface area contributed by atoms with E-state index >= 15 is 0 Å². The van der Waals surface area contributed by atoms with Crippen molar-refractivity contribution in [3.05, 3.63) is 11.6 Å². The summed E-state index contributed by atoms with van der Waals surface area (Å²) < 4.78 is 18.1. The fourth-order valence-corrected chi connectivity index (χ4v) is 8.40. The summed E-state index contributed by atoms with van der Waals surface area (Å²) in [6.45, 7) is 16.9. The van der Waals surface area contributed by atoms with Gasteiger partial charge in [-0.2, -0.15) is 0 Å². The van der Waals surface area contributed by atoms with Crippen molar-refractivity contribution in [2.24, 2.45) is 22.7 Å². The first-order chi connectivity index (χ1) is 15.2. The number of esters is 1. The largest absolute Gasteiger partial charge is 0.459 e. The number of ether oxygens (including phenoxy) is 2. The Morgan fingerprint density at radius 1 is 1.21 bits per heavy atom. The molecule has 2 aliphatic carbocycles. The molecule has 1 spiro atoms. The van der Waals surface area contributed by atoms with Crippen LogP contribution in [0.4, 0.5) is 0 Å². The highest BCUT2D eigenvalue weighted by atomic mass is 28.4. The molecule has 0 amide bonds. The normalized spacial score (nSPS) is 44.8. The van der Waals surface area contributed by atoms with Crippen LogP contribution >= 0.6 is 0 Å². The summed E-state index contributed by atoms with van der Waals surface area (Å²) in [6, 6.07) is 0. The van der Waals surface area contributed by atoms with Crippen molar-refractivity contribution in [1.29, 1.82) is 0 Å². The minimum Gasteiger partial charge on any atom is -0.459 e. The third kappa shape index (κ3) is 4.06. The molecule has 2 saturated carbocycles. The number of aliphatic hydroxyl groups is 2. The molecule has 2 saturated heterocycles. The van der Waals surface area contributed by atoms with Crippen molar-refractivity contribution >= 4 is 14.3 Å². The fraction of sp³-hybridized carbons (Fsp3) is 0.885. The predicted molar refractivity (Wildman–Crippen MR) is 129 cm³/mol. The van der Waals surface area contributed by atoms with Crippen LogP contribution in [0.3, 0.4) is 0 Å². The van der Waals surface area contributed by atoms with Gasteiger partial charge in [0.05, 0.1) is 30.5 Å². The Kier molecular flexibility index (Phi) is 6.27. The van der Waals surface area contributed by atoms with Crippen LogP contribution in [0.15, 0.2) is 11.6 Å². The van der Waals surface area contributed by atoms with Gasteiger partial charge in [0.25, 0.3) is 0 Å². The number of hydrogen-bond acceptors (Lipinski definition) is 6. The lowest BCUT2D eigenvalue weighted by Gasteiger charge is -2.62. The Hall–Kier alpha value is -0.733. The van der Waals surface area contributed by atoms with Crippen LogP contribution in [0, 0.1) is 22.7 Å². The number of allylic oxidation sites excluding steroid dienone is 1. The predicted octanol–water partition coefficient (Wildman–Crippen LogP) is 4.20. The highest BCUT2D eigenvalue weighted by Gasteiger charge is 2.67. The molecule has 2 aliphatic heterocycles. The number of fused-ring (bicyclic) bond motifs is 1. The van der Waals surface area contributed by atoms with E-state index in [0.717, 1.165) is 32.3 Å². The zero-order valence-corrected chi connectivity index (χ0v) is 22.6. The average molecular weight is 481 g/mol. The van der Waals surface area contributed by atoms with Crippen LogP contribution < -0.4 is 0 Å². The van der Waals surface area contributed by atoms with Gasteiger partial charge in [-0.3, -0.25) is 0 Å². The lowest BCUT2D eigenvalue weighted by molar-refractivity contribution is -0.171. The van der Waals surface area contributed by atoms with Crippen LogP contribution in [0.25, 0.3) is 0 Å². The summed E-state index contributed by atoms with van der Waals surface area (Å²) in [5.41, 5.74) is -0.115. The smallest absolute Gasteiger partial charge is 0.336 e. The van der Waals surface area contributed by atoms with Gasteiger partial charge in [0, 0.05) is 5.41 Å². The number of carbonyl (C=O) groups is 1. The number of rotatable bonds is 5. The Balaban J connectivity index is 1.63. The second-order valence-corrected chi connectivity index (χ2v) is 17.8. The van der Waals surface area contributed by atoms with Gasteiger partial charge in [0.2, 0.25) is 0 Å². The molecule has 7 atom stereocenters. The van der Waals surface area contributed by atoms with Crippen LogP contribution in [0.2, 0.25) is 18.1 Å². The Morgan fingerprint density at radius 3 is 2.39 bits per heavy atom. The molecule has 7 heteroatoms. The van der Waals surface area contributed by atoms with Gasteiger partial charge in [-0.05, 0) is 67.5 Å². The average Bonchev–Trinajstić information content (AvgIpc) is 3.42. The standard InChI is InChI=1S/C26H44O6Si/c1-23(2,3)33(6,7)32-21-11-12-24(4)19(25(21,5)15-27)10-13-26(16-31-26)20(24)9-8-17-18(28)14-30-22(17)29/h8,18-21,27-28H,9-16H2,1-7H3/b17-8+/t18-,19+,20+,21-,24-,25+,26-/m1/s1. The first-order valence-corrected chi connectivity index (χ1v) is 15.6. The molecular formula is C26H44O6Si. The first kappa shape index (κ1) is 25.4. The minimum atomic E-state index is -1.98. The molecule has 0 aromatic carbocycles. The van der Waals surface area contributed by atoms with Crippen LogP contribution in [0.1, 0.15) is 66.7 Å². The van der Waals surface area contributed by atoms with Crippen molar-refractivity contribution < 1.29 is 28.9 Å². The summed E-state index contributed by atoms with van der Waals surface area (Å²) in [6.07, 6.45) is 5.71. The molecule has 4 aliphatic rings. The van der Waals surface area contributed by atoms with Gasteiger partial charge in [0.1, 0.15) is 12.7 Å². The number of cyclic esters (lactones) is 1. The summed E-state index contributed by atoms with van der Waals surface area (Å²) in [4.78, 5) is 12.1. The number of epoxide rings is 1. The van der Waals surface area contributed by atoms with E-state index in [1.54, 1.807) is 0 Å². The van der Waals surface area contributed by atoms with Crippen LogP contribution in [-0.4, -0.2) is 62.1 Å². The van der Waals surface area contributed by atoms with E-state index in [4.69, 9.17) is 13.9 Å². The van der Waals surface area contributed by atoms with Crippen LogP contribution in [0.5, 0.6) is 0 Å². The zero-order chi connectivity index (χ0) is 24.4. The molecule has 4 rings (SSSR count). The Labute approximate surface area is 200 Å². The van der Waals surface area contributed by atoms with Crippen LogP contribution in [-0.2, 0) is 18.7 Å². The number of aliphatic hydroxyl groups excluding tert-OH is 2. The second kappa shape index (κ2) is 8.15. The summed E-state index contributed by atoms with van der Waals surface area (Å²) in [5.74, 6) is 0.131. The van der Waals surface area contributed by atoms with E-state index < -0.39 is 20.4 Å². The van der Waals surface area contributed by atoms with Gasteiger partial charge in [-0.1, -0.05) is 40.7 Å². The third-order valence-electron chi connectivity index (χ3n) is 10.2. The minimum absolute atomic E-state index is 0.0377. The van der Waals surface area contributed by atoms with Crippen molar-refractivity contribution in [3.8, 4) is 0 Å². The molecule has 4 fully saturated rings. The zero-order valence-electron chi connectivity index (χ0n) is 21.6. The molecule has 2 heterocycles. The number of hydrogen-bond donors (Lipinski definition) is 2. The molecule has 2 N–H and O–H groups in total. The monoisotopic (exact) mass is 480 g/mol. The fourth-order valence-electron chi connectivity index (χ4n) is 6.95. The van der Waals surface area contributed by atoms with E-state index in [2.05, 4.69) is 47.7 Å². The molecular weight excluding hydrogens is 436 g/mol. The quantitative estimate of drug-likeness (QED) is 0.265. The lowest BCUT2D eigenvalue weighted by Crippen LogP contribution is -2.62. The SMILES string of the molecule is CC(C)(C)[Si](C)(C)O[C@@H]1CC[C@]2(C)[C@H](CC[C@@]3(CO3)[C@H]2C/C=C2/C(=O)OC[C@H]2O)[C@]1(C)CO. The molecule has 0 aromatic rings. The van der Waals surface area contributed by atoms with Crippen molar-refractivity contribution in [2.45, 2.75) is 103 Å². The van der Waals surface area contributed by atoms with Gasteiger partial charge >= 0.3 is 5.97 Å². The first-order valence-electron chi connectivity index (χ1n) is 12.7. The Bertz CT molecular complexity index is 812. The van der Waals surface area contributed by atoms with E-state index in [1.807, 2.05) is 6.08 Å². The summed E-state index contributed by atoms with van der Waals surface area (Å²) in [5, 5.41) is 21.1. The topological polar surface area (TPSA) is 88.5 Å². The van der Waals surface area contributed by atoms with E-state index in [9.17, 15) is 15.0 Å². The summed E-state index contributed by atoms with van der Waals surface area (Å²) in [7, 11) is -1.98. The van der Waals surface area contributed by atoms with Gasteiger partial charge < -0.3 is 24.1 Å². The summed E-state index contributed by atoms with van der Waals surface area (Å²) >= 11 is 0. The van der Waals surface area contributed by atoms with Crippen molar-refractivity contribution in [1.82, 2.24) is 0 Å². The second-order valence-electron chi connectivity index (χ2n) is 13.1. The molecule has 0 radical (unpaired) electrons. The molecule has 0 unspecified atom stereocenters. The number of carbonyl (C=O) groups excluding carboxylic acids is 1. The van der Waals surface area contributed by atoms with E-state index in [-0.39, 0.29) is 46.7 Å². The maximum absolute atomic E-state index is 12.1. The maximum atomic E-state index is 12.1. The van der Waals surface area contributed by atoms with Gasteiger partial charge in [-0.15, -0.1) is 0 Å². The molecule has 0 bridgehead atoms. The molecule has 188 valence electrons.